The van der Waals surface area contributed by atoms with Crippen molar-refractivity contribution in [2.45, 2.75) is 0 Å². The van der Waals surface area contributed by atoms with E-state index in [1.165, 1.54) is 0 Å². The molecular weight excluding hydrogens is 154 g/mol. The lowest BCUT2D eigenvalue weighted by molar-refractivity contribution is -0.150. The van der Waals surface area contributed by atoms with Gasteiger partial charge in [-0.15, -0.1) is 11.6 Å². The van der Waals surface area contributed by atoms with Gasteiger partial charge in [0.15, 0.2) is 0 Å². The molecule has 0 spiro atoms. The Bertz CT molecular complexity index is 127. The first-order valence-electron chi connectivity index (χ1n) is 3.27. The van der Waals surface area contributed by atoms with Crippen LogP contribution < -0.4 is 0 Å². The van der Waals surface area contributed by atoms with Crippen LogP contribution in [-0.4, -0.2) is 43.0 Å². The van der Waals surface area contributed by atoms with Crippen LogP contribution in [0.5, 0.6) is 0 Å². The van der Waals surface area contributed by atoms with Gasteiger partial charge < -0.3 is 4.74 Å². The summed E-state index contributed by atoms with van der Waals surface area (Å²) in [6, 6.07) is 0. The fourth-order valence-corrected chi connectivity index (χ4v) is 1.15. The second kappa shape index (κ2) is 3.78. The number of cyclic esters (lactones) is 1. The van der Waals surface area contributed by atoms with Crippen molar-refractivity contribution in [3.63, 3.8) is 0 Å². The van der Waals surface area contributed by atoms with Crippen LogP contribution in [0.15, 0.2) is 0 Å². The molecule has 10 heavy (non-hydrogen) atoms. The average molecular weight is 164 g/mol. The van der Waals surface area contributed by atoms with Crippen molar-refractivity contribution in [2.75, 3.05) is 32.1 Å². The van der Waals surface area contributed by atoms with Crippen LogP contribution >= 0.6 is 11.6 Å². The summed E-state index contributed by atoms with van der Waals surface area (Å²) >= 11 is 5.49. The van der Waals surface area contributed by atoms with E-state index < -0.39 is 0 Å². The first-order valence-corrected chi connectivity index (χ1v) is 3.80. The maximum atomic E-state index is 10.6. The smallest absolute Gasteiger partial charge is 0.320 e. The van der Waals surface area contributed by atoms with E-state index in [1.54, 1.807) is 0 Å². The number of hydrogen-bond acceptors (Lipinski definition) is 3. The molecule has 1 rings (SSSR count). The fourth-order valence-electron chi connectivity index (χ4n) is 0.906. The Morgan fingerprint density at radius 2 is 2.50 bits per heavy atom. The van der Waals surface area contributed by atoms with E-state index in [0.29, 0.717) is 19.0 Å². The molecule has 0 atom stereocenters. The van der Waals surface area contributed by atoms with Crippen molar-refractivity contribution >= 4 is 17.6 Å². The van der Waals surface area contributed by atoms with Crippen LogP contribution in [0.4, 0.5) is 0 Å². The maximum absolute atomic E-state index is 10.6. The van der Waals surface area contributed by atoms with Gasteiger partial charge in [0.25, 0.3) is 0 Å². The van der Waals surface area contributed by atoms with Gasteiger partial charge in [-0.3, -0.25) is 9.69 Å². The minimum Gasteiger partial charge on any atom is -0.463 e. The second-order valence-electron chi connectivity index (χ2n) is 2.19. The molecule has 0 saturated carbocycles. The van der Waals surface area contributed by atoms with E-state index in [2.05, 4.69) is 0 Å². The lowest BCUT2D eigenvalue weighted by Crippen LogP contribution is -2.40. The Balaban J connectivity index is 2.25. The molecular formula is C6H10ClNO2. The van der Waals surface area contributed by atoms with Crippen molar-refractivity contribution in [2.24, 2.45) is 0 Å². The Morgan fingerprint density at radius 1 is 1.70 bits per heavy atom. The summed E-state index contributed by atoms with van der Waals surface area (Å²) in [5.41, 5.74) is 0. The highest BCUT2D eigenvalue weighted by molar-refractivity contribution is 6.18. The molecule has 1 heterocycles. The number of carbonyl (C=O) groups is 1. The molecule has 0 aromatic heterocycles. The zero-order valence-electron chi connectivity index (χ0n) is 5.68. The largest absolute Gasteiger partial charge is 0.463 e. The summed E-state index contributed by atoms with van der Waals surface area (Å²) in [4.78, 5) is 12.6. The molecule has 1 aliphatic rings. The summed E-state index contributed by atoms with van der Waals surface area (Å²) in [5, 5.41) is 0. The molecule has 0 aliphatic carbocycles. The normalized spacial score (nSPS) is 20.7. The molecule has 1 saturated heterocycles. The van der Waals surface area contributed by atoms with E-state index in [1.807, 2.05) is 4.90 Å². The van der Waals surface area contributed by atoms with Crippen LogP contribution in [0.25, 0.3) is 0 Å². The molecule has 0 aromatic rings. The average Bonchev–Trinajstić information content (AvgIpc) is 1.88. The number of nitrogens with zero attached hydrogens (tertiary/aromatic N) is 1. The molecule has 3 nitrogen and oxygen atoms in total. The van der Waals surface area contributed by atoms with Gasteiger partial charge in [0.1, 0.15) is 6.61 Å². The summed E-state index contributed by atoms with van der Waals surface area (Å²) in [6.45, 7) is 2.50. The molecule has 0 bridgehead atoms. The number of carbonyl (C=O) groups excluding carboxylic acids is 1. The third-order valence-electron chi connectivity index (χ3n) is 1.42. The standard InChI is InChI=1S/C6H10ClNO2/c7-1-2-8-3-4-10-6(9)5-8/h1-5H2. The summed E-state index contributed by atoms with van der Waals surface area (Å²) in [7, 11) is 0. The molecule has 58 valence electrons. The lowest BCUT2D eigenvalue weighted by Gasteiger charge is -2.24. The van der Waals surface area contributed by atoms with Crippen LogP contribution in [0.3, 0.4) is 0 Å². The number of hydrogen-bond donors (Lipinski definition) is 0. The van der Waals surface area contributed by atoms with Gasteiger partial charge in [-0.05, 0) is 0 Å². The second-order valence-corrected chi connectivity index (χ2v) is 2.56. The van der Waals surface area contributed by atoms with E-state index in [0.717, 1.165) is 13.1 Å². The Labute approximate surface area is 64.9 Å². The number of morpholine rings is 1. The van der Waals surface area contributed by atoms with Crippen molar-refractivity contribution in [1.29, 1.82) is 0 Å². The Kier molecular flexibility index (Phi) is 2.96. The number of halogens is 1. The van der Waals surface area contributed by atoms with E-state index in [4.69, 9.17) is 16.3 Å². The molecule has 0 aromatic carbocycles. The van der Waals surface area contributed by atoms with Crippen molar-refractivity contribution in [3.05, 3.63) is 0 Å². The van der Waals surface area contributed by atoms with Crippen LogP contribution in [0.1, 0.15) is 0 Å². The van der Waals surface area contributed by atoms with E-state index >= 15 is 0 Å². The van der Waals surface area contributed by atoms with Crippen molar-refractivity contribution in [1.82, 2.24) is 4.90 Å². The third-order valence-corrected chi connectivity index (χ3v) is 1.59. The minimum absolute atomic E-state index is 0.142. The van der Waals surface area contributed by atoms with Gasteiger partial charge in [0.2, 0.25) is 0 Å². The molecule has 1 fully saturated rings. The van der Waals surface area contributed by atoms with Gasteiger partial charge in [0.05, 0.1) is 6.54 Å². The summed E-state index contributed by atoms with van der Waals surface area (Å²) in [5.74, 6) is 0.434. The van der Waals surface area contributed by atoms with Gasteiger partial charge in [0, 0.05) is 19.0 Å². The fraction of sp³-hybridized carbons (Fsp3) is 0.833. The zero-order valence-corrected chi connectivity index (χ0v) is 6.43. The molecule has 1 aliphatic heterocycles. The maximum Gasteiger partial charge on any atom is 0.320 e. The SMILES string of the molecule is O=C1CN(CCCl)CCO1. The number of rotatable bonds is 2. The highest BCUT2D eigenvalue weighted by Gasteiger charge is 2.16. The number of alkyl halides is 1. The quantitative estimate of drug-likeness (QED) is 0.427. The van der Waals surface area contributed by atoms with Crippen molar-refractivity contribution in [3.8, 4) is 0 Å². The predicted molar refractivity (Wildman–Crippen MR) is 38.1 cm³/mol. The molecule has 4 heteroatoms. The van der Waals surface area contributed by atoms with Crippen LogP contribution in [-0.2, 0) is 9.53 Å². The van der Waals surface area contributed by atoms with Gasteiger partial charge in [-0.25, -0.2) is 0 Å². The van der Waals surface area contributed by atoms with Gasteiger partial charge in [-0.1, -0.05) is 0 Å². The van der Waals surface area contributed by atoms with Crippen LogP contribution in [0, 0.1) is 0 Å². The topological polar surface area (TPSA) is 29.5 Å². The minimum atomic E-state index is -0.142. The molecule has 0 unspecified atom stereocenters. The van der Waals surface area contributed by atoms with E-state index in [9.17, 15) is 4.79 Å². The molecule has 0 N–H and O–H groups in total. The van der Waals surface area contributed by atoms with Crippen LogP contribution in [0.2, 0.25) is 0 Å². The number of esters is 1. The molecule has 0 radical (unpaired) electrons. The lowest BCUT2D eigenvalue weighted by atomic mass is 10.4. The van der Waals surface area contributed by atoms with Gasteiger partial charge >= 0.3 is 5.97 Å². The Morgan fingerprint density at radius 3 is 3.10 bits per heavy atom. The van der Waals surface area contributed by atoms with Crippen molar-refractivity contribution < 1.29 is 9.53 Å². The van der Waals surface area contributed by atoms with Gasteiger partial charge in [-0.2, -0.15) is 0 Å². The predicted octanol–water partition coefficient (Wildman–Crippen LogP) is 0.0840. The highest BCUT2D eigenvalue weighted by Crippen LogP contribution is 1.97. The highest BCUT2D eigenvalue weighted by atomic mass is 35.5. The first kappa shape index (κ1) is 7.82. The first-order chi connectivity index (χ1) is 4.83. The molecule has 0 amide bonds. The third kappa shape index (κ3) is 2.15. The summed E-state index contributed by atoms with van der Waals surface area (Å²) in [6.07, 6.45) is 0. The summed E-state index contributed by atoms with van der Waals surface area (Å²) < 4.78 is 4.73. The monoisotopic (exact) mass is 163 g/mol. The van der Waals surface area contributed by atoms with E-state index in [-0.39, 0.29) is 5.97 Å². The number of ether oxygens (including phenoxy) is 1. The zero-order chi connectivity index (χ0) is 7.40. The Hall–Kier alpha value is -0.280.